The van der Waals surface area contributed by atoms with Gasteiger partial charge in [-0.25, -0.2) is 4.98 Å². The van der Waals surface area contributed by atoms with Gasteiger partial charge < -0.3 is 14.6 Å². The first-order valence-electron chi connectivity index (χ1n) is 8.75. The number of benzene rings is 2. The lowest BCUT2D eigenvalue weighted by molar-refractivity contribution is 0.0900. The predicted molar refractivity (Wildman–Crippen MR) is 112 cm³/mol. The van der Waals surface area contributed by atoms with Crippen molar-refractivity contribution in [3.05, 3.63) is 75.8 Å². The Morgan fingerprint density at radius 2 is 2.11 bits per heavy atom. The van der Waals surface area contributed by atoms with Crippen molar-refractivity contribution in [1.29, 1.82) is 0 Å². The summed E-state index contributed by atoms with van der Waals surface area (Å²) < 4.78 is 13.2. The highest BCUT2D eigenvalue weighted by Crippen LogP contribution is 2.28. The molecule has 28 heavy (non-hydrogen) atoms. The minimum atomic E-state index is -0.887. The van der Waals surface area contributed by atoms with Gasteiger partial charge in [0.25, 0.3) is 5.56 Å². The molecule has 0 unspecified atom stereocenters. The first-order chi connectivity index (χ1) is 13.5. The summed E-state index contributed by atoms with van der Waals surface area (Å²) in [7, 11) is 1.56. The highest BCUT2D eigenvalue weighted by Gasteiger charge is 2.12. The summed E-state index contributed by atoms with van der Waals surface area (Å²) in [6.45, 7) is 3.81. The van der Waals surface area contributed by atoms with E-state index in [1.165, 1.54) is 10.9 Å². The van der Waals surface area contributed by atoms with Crippen LogP contribution in [0.3, 0.4) is 0 Å². The first kappa shape index (κ1) is 20.1. The number of fused-ring (bicyclic) bond motifs is 1. The van der Waals surface area contributed by atoms with Crippen LogP contribution in [0.4, 0.5) is 0 Å². The molecule has 7 heteroatoms. The zero-order chi connectivity index (χ0) is 20.1. The van der Waals surface area contributed by atoms with E-state index >= 15 is 0 Å². The summed E-state index contributed by atoms with van der Waals surface area (Å²) in [5.41, 5.74) is 1.45. The molecule has 0 saturated carbocycles. The Labute approximate surface area is 171 Å². The second kappa shape index (κ2) is 9.03. The maximum absolute atomic E-state index is 12.6. The molecule has 0 aliphatic carbocycles. The minimum absolute atomic E-state index is 0.0140. The number of methoxy groups -OCH3 is 1. The van der Waals surface area contributed by atoms with Crippen LogP contribution >= 0.6 is 15.9 Å². The summed E-state index contributed by atoms with van der Waals surface area (Å²) in [5.74, 6) is 1.11. The highest BCUT2D eigenvalue weighted by atomic mass is 79.9. The molecule has 0 amide bonds. The molecule has 1 atom stereocenters. The summed E-state index contributed by atoms with van der Waals surface area (Å²) in [6.07, 6.45) is 3.09. The van der Waals surface area contributed by atoms with Crippen LogP contribution in [0, 0.1) is 0 Å². The van der Waals surface area contributed by atoms with Crippen molar-refractivity contribution in [2.45, 2.75) is 19.1 Å². The molecule has 1 N–H and O–H groups in total. The molecule has 1 aromatic heterocycles. The molecule has 0 aliphatic heterocycles. The lowest BCUT2D eigenvalue weighted by Gasteiger charge is -2.16. The normalized spacial score (nSPS) is 12.0. The van der Waals surface area contributed by atoms with E-state index in [4.69, 9.17) is 9.47 Å². The van der Waals surface area contributed by atoms with Crippen LogP contribution in [0.25, 0.3) is 10.9 Å². The number of nitrogens with zero attached hydrogens (tertiary/aromatic N) is 2. The van der Waals surface area contributed by atoms with Gasteiger partial charge in [-0.2, -0.15) is 0 Å². The van der Waals surface area contributed by atoms with Crippen LogP contribution in [-0.4, -0.2) is 34.5 Å². The van der Waals surface area contributed by atoms with Gasteiger partial charge in [-0.3, -0.25) is 9.36 Å². The molecule has 3 aromatic rings. The summed E-state index contributed by atoms with van der Waals surface area (Å²) in [5, 5.41) is 10.8. The molecular formula is C21H21BrN2O4. The van der Waals surface area contributed by atoms with Gasteiger partial charge in [0.2, 0.25) is 0 Å². The van der Waals surface area contributed by atoms with Gasteiger partial charge in [-0.1, -0.05) is 28.1 Å². The van der Waals surface area contributed by atoms with E-state index in [1.54, 1.807) is 25.3 Å². The molecule has 0 bridgehead atoms. The number of hydrogen-bond acceptors (Lipinski definition) is 5. The second-order valence-electron chi connectivity index (χ2n) is 6.31. The van der Waals surface area contributed by atoms with Crippen molar-refractivity contribution in [2.75, 3.05) is 13.7 Å². The third-order valence-electron chi connectivity index (χ3n) is 4.23. The topological polar surface area (TPSA) is 73.6 Å². The van der Waals surface area contributed by atoms with Crippen molar-refractivity contribution >= 4 is 26.8 Å². The molecule has 6 nitrogen and oxygen atoms in total. The van der Waals surface area contributed by atoms with Gasteiger partial charge in [0.1, 0.15) is 12.7 Å². The summed E-state index contributed by atoms with van der Waals surface area (Å²) >= 11 is 3.36. The van der Waals surface area contributed by atoms with Crippen molar-refractivity contribution in [3.63, 3.8) is 0 Å². The van der Waals surface area contributed by atoms with Gasteiger partial charge in [-0.15, -0.1) is 6.58 Å². The highest BCUT2D eigenvalue weighted by molar-refractivity contribution is 9.10. The molecule has 3 rings (SSSR count). The van der Waals surface area contributed by atoms with E-state index in [0.29, 0.717) is 22.4 Å². The van der Waals surface area contributed by atoms with Gasteiger partial charge in [0.05, 0.1) is 30.9 Å². The monoisotopic (exact) mass is 444 g/mol. The number of aliphatic hydroxyl groups is 1. The van der Waals surface area contributed by atoms with E-state index < -0.39 is 6.10 Å². The Hall–Kier alpha value is -2.64. The van der Waals surface area contributed by atoms with E-state index in [0.717, 1.165) is 16.5 Å². The van der Waals surface area contributed by atoms with E-state index in [2.05, 4.69) is 27.5 Å². The number of halogens is 1. The maximum atomic E-state index is 12.6. The van der Waals surface area contributed by atoms with Crippen LogP contribution in [0.15, 0.2) is 64.6 Å². The zero-order valence-electron chi connectivity index (χ0n) is 15.5. The minimum Gasteiger partial charge on any atom is -0.493 e. The fraction of sp³-hybridized carbons (Fsp3) is 0.238. The van der Waals surface area contributed by atoms with Gasteiger partial charge in [0.15, 0.2) is 11.5 Å². The van der Waals surface area contributed by atoms with Gasteiger partial charge in [-0.05, 0) is 42.3 Å². The van der Waals surface area contributed by atoms with E-state index in [1.807, 2.05) is 24.3 Å². The third-order valence-corrected chi connectivity index (χ3v) is 4.73. The fourth-order valence-corrected chi connectivity index (χ4v) is 3.21. The third kappa shape index (κ3) is 4.61. The first-order valence-corrected chi connectivity index (χ1v) is 9.54. The predicted octanol–water partition coefficient (Wildman–Crippen LogP) is 3.34. The Morgan fingerprint density at radius 3 is 2.86 bits per heavy atom. The standard InChI is InChI=1S/C21H21BrN2O4/c1-3-4-14-5-8-19(20(9-14)27-2)28-12-16(25)11-24-13-23-18-7-6-15(22)10-17(18)21(24)26/h3,5-10,13,16,25H,1,4,11-12H2,2H3/t16-/m1/s1. The molecule has 0 saturated heterocycles. The Bertz CT molecular complexity index is 1050. The molecule has 2 aromatic carbocycles. The average Bonchev–Trinajstić information content (AvgIpc) is 2.69. The SMILES string of the molecule is C=CCc1ccc(OC[C@H](O)Cn2cnc3ccc(Br)cc3c2=O)c(OC)c1. The number of hydrogen-bond donors (Lipinski definition) is 1. The Balaban J connectivity index is 1.70. The lowest BCUT2D eigenvalue weighted by Crippen LogP contribution is -2.30. The maximum Gasteiger partial charge on any atom is 0.261 e. The molecular weight excluding hydrogens is 424 g/mol. The number of aliphatic hydroxyl groups excluding tert-OH is 1. The van der Waals surface area contributed by atoms with Crippen LogP contribution in [0.1, 0.15) is 5.56 Å². The number of allylic oxidation sites excluding steroid dienone is 1. The number of ether oxygens (including phenoxy) is 2. The molecule has 1 heterocycles. The number of aromatic nitrogens is 2. The molecule has 146 valence electrons. The van der Waals surface area contributed by atoms with Crippen LogP contribution in [0.5, 0.6) is 11.5 Å². The summed E-state index contributed by atoms with van der Waals surface area (Å²) in [4.78, 5) is 16.9. The Morgan fingerprint density at radius 1 is 1.29 bits per heavy atom. The van der Waals surface area contributed by atoms with Crippen LogP contribution < -0.4 is 15.0 Å². The zero-order valence-corrected chi connectivity index (χ0v) is 17.1. The van der Waals surface area contributed by atoms with E-state index in [-0.39, 0.29) is 18.7 Å². The van der Waals surface area contributed by atoms with Crippen LogP contribution in [-0.2, 0) is 13.0 Å². The molecule has 0 spiro atoms. The molecule has 0 radical (unpaired) electrons. The average molecular weight is 445 g/mol. The molecule has 0 aliphatic rings. The summed E-state index contributed by atoms with van der Waals surface area (Å²) in [6, 6.07) is 10.9. The van der Waals surface area contributed by atoms with Crippen molar-refractivity contribution in [2.24, 2.45) is 0 Å². The molecule has 0 fully saturated rings. The second-order valence-corrected chi connectivity index (χ2v) is 7.22. The van der Waals surface area contributed by atoms with Gasteiger partial charge in [0, 0.05) is 4.47 Å². The van der Waals surface area contributed by atoms with Crippen molar-refractivity contribution in [3.8, 4) is 11.5 Å². The van der Waals surface area contributed by atoms with Crippen LogP contribution in [0.2, 0.25) is 0 Å². The Kier molecular flexibility index (Phi) is 6.49. The fourth-order valence-electron chi connectivity index (χ4n) is 2.85. The lowest BCUT2D eigenvalue weighted by atomic mass is 10.1. The van der Waals surface area contributed by atoms with E-state index in [9.17, 15) is 9.90 Å². The smallest absolute Gasteiger partial charge is 0.261 e. The van der Waals surface area contributed by atoms with Crippen molar-refractivity contribution < 1.29 is 14.6 Å². The van der Waals surface area contributed by atoms with Crippen molar-refractivity contribution in [1.82, 2.24) is 9.55 Å². The number of rotatable bonds is 8. The van der Waals surface area contributed by atoms with Gasteiger partial charge >= 0.3 is 0 Å². The largest absolute Gasteiger partial charge is 0.493 e. The quantitative estimate of drug-likeness (QED) is 0.539.